The standard InChI is InChI=1S/C14H14N2O3/c1-2-19-11-6-3-5-10(9-11)14(18)16-13-12(17)7-4-8-15-13/h3-9,17H,2H2,1H3,(H,15,16,18). The number of aromatic hydroxyl groups is 1. The predicted octanol–water partition coefficient (Wildman–Crippen LogP) is 2.44. The lowest BCUT2D eigenvalue weighted by Crippen LogP contribution is -2.13. The van der Waals surface area contributed by atoms with Crippen molar-refractivity contribution in [3.63, 3.8) is 0 Å². The van der Waals surface area contributed by atoms with Crippen LogP contribution in [0.15, 0.2) is 42.6 Å². The van der Waals surface area contributed by atoms with Crippen LogP contribution in [0.1, 0.15) is 17.3 Å². The van der Waals surface area contributed by atoms with Crippen LogP contribution >= 0.6 is 0 Å². The second-order valence-corrected chi connectivity index (χ2v) is 3.79. The number of benzene rings is 1. The van der Waals surface area contributed by atoms with Gasteiger partial charge in [-0.3, -0.25) is 4.79 Å². The molecule has 1 amide bonds. The molecule has 0 aliphatic rings. The Morgan fingerprint density at radius 1 is 1.37 bits per heavy atom. The van der Waals surface area contributed by atoms with Crippen LogP contribution in [0.4, 0.5) is 5.82 Å². The predicted molar refractivity (Wildman–Crippen MR) is 71.5 cm³/mol. The summed E-state index contributed by atoms with van der Waals surface area (Å²) in [7, 11) is 0. The van der Waals surface area contributed by atoms with Crippen molar-refractivity contribution in [2.75, 3.05) is 11.9 Å². The molecule has 0 radical (unpaired) electrons. The van der Waals surface area contributed by atoms with Crippen molar-refractivity contribution in [2.24, 2.45) is 0 Å². The number of anilines is 1. The van der Waals surface area contributed by atoms with Gasteiger partial charge in [-0.15, -0.1) is 0 Å². The van der Waals surface area contributed by atoms with E-state index in [1.54, 1.807) is 30.3 Å². The first-order chi connectivity index (χ1) is 9.20. The fourth-order valence-electron chi connectivity index (χ4n) is 1.57. The molecule has 5 nitrogen and oxygen atoms in total. The zero-order valence-corrected chi connectivity index (χ0v) is 10.5. The van der Waals surface area contributed by atoms with Gasteiger partial charge in [0, 0.05) is 11.8 Å². The van der Waals surface area contributed by atoms with E-state index in [2.05, 4.69) is 10.3 Å². The van der Waals surface area contributed by atoms with Gasteiger partial charge in [0.2, 0.25) is 0 Å². The minimum absolute atomic E-state index is 0.0724. The summed E-state index contributed by atoms with van der Waals surface area (Å²) in [4.78, 5) is 15.9. The average Bonchev–Trinajstić information content (AvgIpc) is 2.42. The molecule has 0 aliphatic carbocycles. The van der Waals surface area contributed by atoms with E-state index >= 15 is 0 Å². The van der Waals surface area contributed by atoms with Gasteiger partial charge >= 0.3 is 0 Å². The molecule has 1 heterocycles. The van der Waals surface area contributed by atoms with Crippen LogP contribution in [0.3, 0.4) is 0 Å². The van der Waals surface area contributed by atoms with E-state index in [4.69, 9.17) is 4.74 Å². The quantitative estimate of drug-likeness (QED) is 0.883. The first-order valence-corrected chi connectivity index (χ1v) is 5.89. The fourth-order valence-corrected chi connectivity index (χ4v) is 1.57. The maximum Gasteiger partial charge on any atom is 0.257 e. The van der Waals surface area contributed by atoms with Crippen molar-refractivity contribution >= 4 is 11.7 Å². The van der Waals surface area contributed by atoms with E-state index in [0.29, 0.717) is 17.9 Å². The van der Waals surface area contributed by atoms with Gasteiger partial charge in [0.1, 0.15) is 5.75 Å². The highest BCUT2D eigenvalue weighted by Crippen LogP contribution is 2.20. The Labute approximate surface area is 110 Å². The maximum absolute atomic E-state index is 12.0. The number of rotatable bonds is 4. The van der Waals surface area contributed by atoms with Gasteiger partial charge in [-0.2, -0.15) is 0 Å². The highest BCUT2D eigenvalue weighted by atomic mass is 16.5. The Morgan fingerprint density at radius 2 is 2.21 bits per heavy atom. The van der Waals surface area contributed by atoms with Crippen LogP contribution in [0.2, 0.25) is 0 Å². The number of hydrogen-bond donors (Lipinski definition) is 2. The molecule has 0 bridgehead atoms. The van der Waals surface area contributed by atoms with Crippen molar-refractivity contribution in [2.45, 2.75) is 6.92 Å². The van der Waals surface area contributed by atoms with Crippen LogP contribution in [0.25, 0.3) is 0 Å². The highest BCUT2D eigenvalue weighted by Gasteiger charge is 2.10. The monoisotopic (exact) mass is 258 g/mol. The van der Waals surface area contributed by atoms with Gasteiger partial charge in [0.05, 0.1) is 6.61 Å². The minimum atomic E-state index is -0.351. The Kier molecular flexibility index (Phi) is 3.97. The molecule has 98 valence electrons. The van der Waals surface area contributed by atoms with Crippen LogP contribution < -0.4 is 10.1 Å². The SMILES string of the molecule is CCOc1cccc(C(=O)Nc2ncccc2O)c1. The molecule has 0 atom stereocenters. The topological polar surface area (TPSA) is 71.5 Å². The molecule has 0 saturated carbocycles. The van der Waals surface area contributed by atoms with Crippen LogP contribution in [-0.2, 0) is 0 Å². The van der Waals surface area contributed by atoms with Crippen LogP contribution in [0.5, 0.6) is 11.5 Å². The third-order valence-electron chi connectivity index (χ3n) is 2.43. The number of nitrogens with one attached hydrogen (secondary N) is 1. The summed E-state index contributed by atoms with van der Waals surface area (Å²) < 4.78 is 5.33. The molecular weight excluding hydrogens is 244 g/mol. The van der Waals surface area contributed by atoms with E-state index in [-0.39, 0.29) is 17.5 Å². The molecule has 2 rings (SSSR count). The van der Waals surface area contributed by atoms with Crippen molar-refractivity contribution in [3.05, 3.63) is 48.2 Å². The molecule has 2 aromatic rings. The largest absolute Gasteiger partial charge is 0.504 e. The molecule has 2 N–H and O–H groups in total. The Hall–Kier alpha value is -2.56. The van der Waals surface area contributed by atoms with Crippen LogP contribution in [0, 0.1) is 0 Å². The molecule has 0 unspecified atom stereocenters. The Balaban J connectivity index is 2.16. The zero-order valence-electron chi connectivity index (χ0n) is 10.5. The number of amides is 1. The third-order valence-corrected chi connectivity index (χ3v) is 2.43. The lowest BCUT2D eigenvalue weighted by Gasteiger charge is -2.07. The summed E-state index contributed by atoms with van der Waals surface area (Å²) in [5, 5.41) is 12.1. The van der Waals surface area contributed by atoms with Crippen molar-refractivity contribution in [3.8, 4) is 11.5 Å². The maximum atomic E-state index is 12.0. The average molecular weight is 258 g/mol. The fraction of sp³-hybridized carbons (Fsp3) is 0.143. The summed E-state index contributed by atoms with van der Waals surface area (Å²) in [6.07, 6.45) is 1.49. The van der Waals surface area contributed by atoms with Crippen molar-refractivity contribution < 1.29 is 14.6 Å². The van der Waals surface area contributed by atoms with Gasteiger partial charge < -0.3 is 15.2 Å². The molecular formula is C14H14N2O3. The van der Waals surface area contributed by atoms with Gasteiger partial charge in [-0.05, 0) is 37.3 Å². The van der Waals surface area contributed by atoms with E-state index in [0.717, 1.165) is 0 Å². The van der Waals surface area contributed by atoms with Crippen LogP contribution in [-0.4, -0.2) is 22.6 Å². The number of ether oxygens (including phenoxy) is 1. The molecule has 19 heavy (non-hydrogen) atoms. The van der Waals surface area contributed by atoms with Gasteiger partial charge in [0.15, 0.2) is 11.6 Å². The minimum Gasteiger partial charge on any atom is -0.504 e. The number of nitrogens with zero attached hydrogens (tertiary/aromatic N) is 1. The van der Waals surface area contributed by atoms with Crippen molar-refractivity contribution in [1.29, 1.82) is 0 Å². The summed E-state index contributed by atoms with van der Waals surface area (Å²) in [5.41, 5.74) is 0.441. The molecule has 0 fully saturated rings. The van der Waals surface area contributed by atoms with Crippen molar-refractivity contribution in [1.82, 2.24) is 4.98 Å². The number of hydrogen-bond acceptors (Lipinski definition) is 4. The first kappa shape index (κ1) is 12.9. The van der Waals surface area contributed by atoms with Gasteiger partial charge in [-0.25, -0.2) is 4.98 Å². The summed E-state index contributed by atoms with van der Waals surface area (Å²) in [6.45, 7) is 2.41. The van der Waals surface area contributed by atoms with E-state index < -0.39 is 0 Å². The number of carbonyl (C=O) groups excluding carboxylic acids is 1. The second kappa shape index (κ2) is 5.86. The molecule has 0 spiro atoms. The third kappa shape index (κ3) is 3.22. The number of carbonyl (C=O) groups is 1. The normalized spacial score (nSPS) is 9.95. The molecule has 5 heteroatoms. The first-order valence-electron chi connectivity index (χ1n) is 5.89. The summed E-state index contributed by atoms with van der Waals surface area (Å²) in [6, 6.07) is 9.85. The molecule has 1 aromatic carbocycles. The second-order valence-electron chi connectivity index (χ2n) is 3.79. The zero-order chi connectivity index (χ0) is 13.7. The molecule has 1 aromatic heterocycles. The highest BCUT2D eigenvalue weighted by molar-refractivity contribution is 6.04. The summed E-state index contributed by atoms with van der Waals surface area (Å²) >= 11 is 0. The summed E-state index contributed by atoms with van der Waals surface area (Å²) in [5.74, 6) is 0.335. The number of aromatic nitrogens is 1. The lowest BCUT2D eigenvalue weighted by molar-refractivity contribution is 0.102. The Bertz CT molecular complexity index is 584. The lowest BCUT2D eigenvalue weighted by atomic mass is 10.2. The Morgan fingerprint density at radius 3 is 2.95 bits per heavy atom. The van der Waals surface area contributed by atoms with E-state index in [1.807, 2.05) is 6.92 Å². The molecule has 0 aliphatic heterocycles. The van der Waals surface area contributed by atoms with E-state index in [9.17, 15) is 9.90 Å². The number of pyridine rings is 1. The van der Waals surface area contributed by atoms with E-state index in [1.165, 1.54) is 12.3 Å². The van der Waals surface area contributed by atoms with Gasteiger partial charge in [0.25, 0.3) is 5.91 Å². The molecule has 0 saturated heterocycles. The smallest absolute Gasteiger partial charge is 0.257 e. The van der Waals surface area contributed by atoms with Gasteiger partial charge in [-0.1, -0.05) is 6.07 Å².